The Balaban J connectivity index is 2.75. The summed E-state index contributed by atoms with van der Waals surface area (Å²) in [6, 6.07) is 6.89. The van der Waals surface area contributed by atoms with Crippen LogP contribution in [0, 0.1) is 0 Å². The molecule has 0 fully saturated rings. The van der Waals surface area contributed by atoms with Crippen LogP contribution in [0.4, 0.5) is 4.79 Å². The van der Waals surface area contributed by atoms with E-state index in [-0.39, 0.29) is 0 Å². The standard InChI is InChI=1S/C11H15N3O3/c1-14(2)13-11(17)12-9(10(15)16)8-6-4-3-5-7-8/h3-7,9H,1-2H3,(H,15,16)(H2,12,13,17)/t9-/m1/s1. The fourth-order valence-corrected chi connectivity index (χ4v) is 1.30. The maximum absolute atomic E-state index is 11.4. The number of carboxylic acid groups (broad SMARTS) is 1. The van der Waals surface area contributed by atoms with Gasteiger partial charge in [0.05, 0.1) is 0 Å². The molecule has 0 heterocycles. The topological polar surface area (TPSA) is 81.7 Å². The van der Waals surface area contributed by atoms with Crippen LogP contribution < -0.4 is 10.7 Å². The Labute approximate surface area is 99.2 Å². The lowest BCUT2D eigenvalue weighted by Crippen LogP contribution is -2.46. The van der Waals surface area contributed by atoms with Crippen LogP contribution in [0.3, 0.4) is 0 Å². The second-order valence-electron chi connectivity index (χ2n) is 3.66. The van der Waals surface area contributed by atoms with E-state index in [1.54, 1.807) is 44.4 Å². The molecule has 0 aliphatic rings. The highest BCUT2D eigenvalue weighted by Crippen LogP contribution is 2.12. The molecule has 17 heavy (non-hydrogen) atoms. The number of hydrazine groups is 1. The Morgan fingerprint density at radius 3 is 2.29 bits per heavy atom. The minimum Gasteiger partial charge on any atom is -0.479 e. The maximum atomic E-state index is 11.4. The summed E-state index contributed by atoms with van der Waals surface area (Å²) in [5.74, 6) is -1.11. The van der Waals surface area contributed by atoms with Crippen molar-refractivity contribution >= 4 is 12.0 Å². The van der Waals surface area contributed by atoms with Gasteiger partial charge in [0, 0.05) is 14.1 Å². The summed E-state index contributed by atoms with van der Waals surface area (Å²) in [4.78, 5) is 22.5. The van der Waals surface area contributed by atoms with Gasteiger partial charge in [-0.1, -0.05) is 30.3 Å². The van der Waals surface area contributed by atoms with Gasteiger partial charge in [-0.25, -0.2) is 14.6 Å². The van der Waals surface area contributed by atoms with Gasteiger partial charge in [0.2, 0.25) is 0 Å². The molecule has 1 atom stereocenters. The third-order valence-electron chi connectivity index (χ3n) is 1.98. The number of rotatable bonds is 4. The molecular weight excluding hydrogens is 222 g/mol. The molecule has 6 heteroatoms. The number of carboxylic acids is 1. The van der Waals surface area contributed by atoms with E-state index in [0.29, 0.717) is 5.56 Å². The normalized spacial score (nSPS) is 11.9. The molecule has 0 unspecified atom stereocenters. The van der Waals surface area contributed by atoms with Crippen molar-refractivity contribution in [2.24, 2.45) is 0 Å². The Kier molecular flexibility index (Phi) is 4.47. The van der Waals surface area contributed by atoms with E-state index in [0.717, 1.165) is 0 Å². The van der Waals surface area contributed by atoms with Crippen LogP contribution in [0.25, 0.3) is 0 Å². The monoisotopic (exact) mass is 237 g/mol. The number of amides is 2. The third-order valence-corrected chi connectivity index (χ3v) is 1.98. The molecule has 0 aromatic heterocycles. The van der Waals surface area contributed by atoms with Crippen molar-refractivity contribution in [2.75, 3.05) is 14.1 Å². The van der Waals surface area contributed by atoms with Gasteiger partial charge >= 0.3 is 12.0 Å². The number of nitrogens with one attached hydrogen (secondary N) is 2. The first-order chi connectivity index (χ1) is 8.00. The van der Waals surface area contributed by atoms with E-state index in [1.165, 1.54) is 5.01 Å². The van der Waals surface area contributed by atoms with Crippen molar-refractivity contribution in [3.63, 3.8) is 0 Å². The van der Waals surface area contributed by atoms with Crippen LogP contribution in [0.1, 0.15) is 11.6 Å². The van der Waals surface area contributed by atoms with Crippen molar-refractivity contribution in [3.8, 4) is 0 Å². The minimum absolute atomic E-state index is 0.522. The Hall–Kier alpha value is -2.08. The summed E-state index contributed by atoms with van der Waals surface area (Å²) in [5.41, 5.74) is 2.94. The quantitative estimate of drug-likeness (QED) is 0.669. The highest BCUT2D eigenvalue weighted by Gasteiger charge is 2.21. The van der Waals surface area contributed by atoms with Crippen molar-refractivity contribution < 1.29 is 14.7 Å². The summed E-state index contributed by atoms with van der Waals surface area (Å²) in [6.07, 6.45) is 0. The second-order valence-corrected chi connectivity index (χ2v) is 3.66. The molecule has 1 aromatic carbocycles. The molecule has 0 saturated carbocycles. The number of benzene rings is 1. The smallest absolute Gasteiger partial charge is 0.330 e. The predicted octanol–water partition coefficient (Wildman–Crippen LogP) is 0.588. The highest BCUT2D eigenvalue weighted by molar-refractivity contribution is 5.83. The van der Waals surface area contributed by atoms with E-state index < -0.39 is 18.0 Å². The van der Waals surface area contributed by atoms with Crippen LogP contribution in [0.2, 0.25) is 0 Å². The predicted molar refractivity (Wildman–Crippen MR) is 62.2 cm³/mol. The van der Waals surface area contributed by atoms with E-state index in [1.807, 2.05) is 0 Å². The zero-order valence-corrected chi connectivity index (χ0v) is 9.68. The summed E-state index contributed by atoms with van der Waals surface area (Å²) in [6.45, 7) is 0. The van der Waals surface area contributed by atoms with E-state index in [2.05, 4.69) is 10.7 Å². The molecular formula is C11H15N3O3. The Morgan fingerprint density at radius 1 is 1.24 bits per heavy atom. The molecule has 0 spiro atoms. The molecule has 0 bridgehead atoms. The SMILES string of the molecule is CN(C)NC(=O)N[C@@H](C(=O)O)c1ccccc1. The third kappa shape index (κ3) is 4.12. The lowest BCUT2D eigenvalue weighted by Gasteiger charge is -2.17. The fraction of sp³-hybridized carbons (Fsp3) is 0.273. The summed E-state index contributed by atoms with van der Waals surface area (Å²) < 4.78 is 0. The molecule has 0 aliphatic carbocycles. The first-order valence-corrected chi connectivity index (χ1v) is 5.03. The van der Waals surface area contributed by atoms with Gasteiger partial charge < -0.3 is 10.4 Å². The molecule has 1 aromatic rings. The molecule has 3 N–H and O–H groups in total. The minimum atomic E-state index is -1.11. The first kappa shape index (κ1) is 13.0. The number of carbonyl (C=O) groups excluding carboxylic acids is 1. The van der Waals surface area contributed by atoms with Gasteiger partial charge in [0.1, 0.15) is 0 Å². The number of nitrogens with zero attached hydrogens (tertiary/aromatic N) is 1. The summed E-state index contributed by atoms with van der Waals surface area (Å²) >= 11 is 0. The van der Waals surface area contributed by atoms with E-state index in [9.17, 15) is 9.59 Å². The van der Waals surface area contributed by atoms with Crippen molar-refractivity contribution in [1.29, 1.82) is 0 Å². The van der Waals surface area contributed by atoms with Crippen LogP contribution in [-0.4, -0.2) is 36.2 Å². The zero-order chi connectivity index (χ0) is 12.8. The van der Waals surface area contributed by atoms with Crippen LogP contribution >= 0.6 is 0 Å². The van der Waals surface area contributed by atoms with E-state index in [4.69, 9.17) is 5.11 Å². The zero-order valence-electron chi connectivity index (χ0n) is 9.68. The Morgan fingerprint density at radius 2 is 1.82 bits per heavy atom. The molecule has 92 valence electrons. The van der Waals surface area contributed by atoms with Gasteiger partial charge in [-0.2, -0.15) is 0 Å². The van der Waals surface area contributed by atoms with Gasteiger partial charge in [0.15, 0.2) is 6.04 Å². The molecule has 0 saturated heterocycles. The lowest BCUT2D eigenvalue weighted by molar-refractivity contribution is -0.139. The van der Waals surface area contributed by atoms with Crippen molar-refractivity contribution in [2.45, 2.75) is 6.04 Å². The first-order valence-electron chi connectivity index (χ1n) is 5.03. The molecule has 1 rings (SSSR count). The van der Waals surface area contributed by atoms with Gasteiger partial charge in [-0.15, -0.1) is 0 Å². The van der Waals surface area contributed by atoms with Crippen LogP contribution in [-0.2, 0) is 4.79 Å². The fourth-order valence-electron chi connectivity index (χ4n) is 1.30. The largest absolute Gasteiger partial charge is 0.479 e. The van der Waals surface area contributed by atoms with E-state index >= 15 is 0 Å². The Bertz CT molecular complexity index is 392. The highest BCUT2D eigenvalue weighted by atomic mass is 16.4. The van der Waals surface area contributed by atoms with Gasteiger partial charge in [-0.3, -0.25) is 5.43 Å². The average Bonchev–Trinajstić information content (AvgIpc) is 2.25. The lowest BCUT2D eigenvalue weighted by atomic mass is 10.1. The molecule has 6 nitrogen and oxygen atoms in total. The number of carbonyl (C=O) groups is 2. The molecule has 2 amide bonds. The van der Waals surface area contributed by atoms with Gasteiger partial charge in [-0.05, 0) is 5.56 Å². The number of urea groups is 1. The molecule has 0 radical (unpaired) electrons. The van der Waals surface area contributed by atoms with Gasteiger partial charge in [0.25, 0.3) is 0 Å². The second kappa shape index (κ2) is 5.86. The van der Waals surface area contributed by atoms with Crippen LogP contribution in [0.5, 0.6) is 0 Å². The van der Waals surface area contributed by atoms with Crippen LogP contribution in [0.15, 0.2) is 30.3 Å². The number of hydrogen-bond donors (Lipinski definition) is 3. The molecule has 0 aliphatic heterocycles. The average molecular weight is 237 g/mol. The van der Waals surface area contributed by atoms with Crippen molar-refractivity contribution in [3.05, 3.63) is 35.9 Å². The maximum Gasteiger partial charge on any atom is 0.330 e. The summed E-state index contributed by atoms with van der Waals surface area (Å²) in [5, 5.41) is 12.9. The number of aliphatic carboxylic acids is 1. The summed E-state index contributed by atoms with van der Waals surface area (Å²) in [7, 11) is 3.27. The van der Waals surface area contributed by atoms with Crippen molar-refractivity contribution in [1.82, 2.24) is 15.8 Å². The number of hydrogen-bond acceptors (Lipinski definition) is 3.